The molecule has 2 saturated carbocycles. The maximum atomic E-state index is 13.2. The minimum absolute atomic E-state index is 0.217. The van der Waals surface area contributed by atoms with Crippen molar-refractivity contribution in [2.24, 2.45) is 5.41 Å². The third kappa shape index (κ3) is 2.43. The van der Waals surface area contributed by atoms with Crippen molar-refractivity contribution in [1.82, 2.24) is 10.3 Å². The van der Waals surface area contributed by atoms with Crippen LogP contribution in [0.1, 0.15) is 43.2 Å². The molecular weight excluding hydrogens is 296 g/mol. The zero-order chi connectivity index (χ0) is 16.5. The van der Waals surface area contributed by atoms with Crippen molar-refractivity contribution in [3.8, 4) is 0 Å². The number of nitrogens with zero attached hydrogens (tertiary/aromatic N) is 1. The molecule has 2 fully saturated rings. The largest absolute Gasteiger partial charge is 0.355 e. The van der Waals surface area contributed by atoms with Gasteiger partial charge in [-0.3, -0.25) is 9.78 Å². The Kier molecular flexibility index (Phi) is 3.87. The summed E-state index contributed by atoms with van der Waals surface area (Å²) in [6.45, 7) is 0.688. The summed E-state index contributed by atoms with van der Waals surface area (Å²) < 4.78 is 0. The first-order chi connectivity index (χ1) is 11.8. The number of carbonyl (C=O) groups excluding carboxylic acids is 1. The number of carbonyl (C=O) groups is 1. The summed E-state index contributed by atoms with van der Waals surface area (Å²) in [6, 6.07) is 14.4. The molecule has 0 unspecified atom stereocenters. The van der Waals surface area contributed by atoms with Gasteiger partial charge in [0, 0.05) is 18.9 Å². The van der Waals surface area contributed by atoms with Gasteiger partial charge in [0.1, 0.15) is 0 Å². The number of hydrogen-bond donors (Lipinski definition) is 1. The van der Waals surface area contributed by atoms with Gasteiger partial charge in [-0.25, -0.2) is 0 Å². The lowest BCUT2D eigenvalue weighted by Crippen LogP contribution is -2.39. The Hall–Kier alpha value is -2.16. The van der Waals surface area contributed by atoms with Gasteiger partial charge in [0.25, 0.3) is 0 Å². The highest BCUT2D eigenvalue weighted by atomic mass is 16.2. The fourth-order valence-electron chi connectivity index (χ4n) is 4.72. The molecular formula is C21H24N2O. The lowest BCUT2D eigenvalue weighted by Gasteiger charge is -2.22. The molecule has 3 nitrogen and oxygen atoms in total. The van der Waals surface area contributed by atoms with Gasteiger partial charge >= 0.3 is 0 Å². The number of aromatic nitrogens is 1. The van der Waals surface area contributed by atoms with Crippen LogP contribution in [0.5, 0.6) is 0 Å². The van der Waals surface area contributed by atoms with E-state index in [0.29, 0.717) is 6.54 Å². The molecule has 0 bridgehead atoms. The van der Waals surface area contributed by atoms with Crippen molar-refractivity contribution in [3.63, 3.8) is 0 Å². The molecule has 24 heavy (non-hydrogen) atoms. The van der Waals surface area contributed by atoms with Crippen LogP contribution in [0.2, 0.25) is 0 Å². The smallest absolute Gasteiger partial charge is 0.231 e. The lowest BCUT2D eigenvalue weighted by atomic mass is 9.84. The Morgan fingerprint density at radius 1 is 1.04 bits per heavy atom. The molecule has 1 aromatic carbocycles. The van der Waals surface area contributed by atoms with Crippen LogP contribution in [0, 0.1) is 5.41 Å². The Morgan fingerprint density at radius 2 is 1.75 bits per heavy atom. The lowest BCUT2D eigenvalue weighted by molar-refractivity contribution is -0.124. The van der Waals surface area contributed by atoms with E-state index >= 15 is 0 Å². The summed E-state index contributed by atoms with van der Waals surface area (Å²) in [7, 11) is 0. The van der Waals surface area contributed by atoms with Crippen LogP contribution in [0.3, 0.4) is 0 Å². The normalized spacial score (nSPS) is 24.0. The fraction of sp³-hybridized carbons (Fsp3) is 0.429. The number of nitrogens with one attached hydrogen (secondary N) is 1. The Bertz CT molecular complexity index is 707. The number of rotatable bonds is 5. The maximum Gasteiger partial charge on any atom is 0.231 e. The molecule has 1 N–H and O–H groups in total. The van der Waals surface area contributed by atoms with E-state index in [0.717, 1.165) is 12.8 Å². The second-order valence-electron chi connectivity index (χ2n) is 7.30. The quantitative estimate of drug-likeness (QED) is 0.914. The van der Waals surface area contributed by atoms with Crippen molar-refractivity contribution in [2.45, 2.75) is 43.9 Å². The van der Waals surface area contributed by atoms with Gasteiger partial charge in [0.15, 0.2) is 0 Å². The van der Waals surface area contributed by atoms with E-state index in [1.54, 1.807) is 12.4 Å². The zero-order valence-electron chi connectivity index (χ0n) is 14.0. The monoisotopic (exact) mass is 320 g/mol. The molecule has 2 aliphatic rings. The Balaban J connectivity index is 1.49. The predicted molar refractivity (Wildman–Crippen MR) is 94.6 cm³/mol. The number of amides is 1. The van der Waals surface area contributed by atoms with Crippen molar-refractivity contribution in [2.75, 3.05) is 6.54 Å². The van der Waals surface area contributed by atoms with E-state index in [4.69, 9.17) is 0 Å². The van der Waals surface area contributed by atoms with Crippen LogP contribution >= 0.6 is 0 Å². The highest BCUT2D eigenvalue weighted by molar-refractivity contribution is 5.93. The molecule has 3 heteroatoms. The molecule has 1 aromatic heterocycles. The van der Waals surface area contributed by atoms with Gasteiger partial charge in [-0.15, -0.1) is 0 Å². The topological polar surface area (TPSA) is 42.0 Å². The number of hydrogen-bond acceptors (Lipinski definition) is 2. The van der Waals surface area contributed by atoms with Gasteiger partial charge in [0.2, 0.25) is 5.91 Å². The summed E-state index contributed by atoms with van der Waals surface area (Å²) >= 11 is 0. The van der Waals surface area contributed by atoms with Crippen molar-refractivity contribution in [1.29, 1.82) is 0 Å². The SMILES string of the molecule is O=C(NCCc1ccncc1)[C@]1(c2ccccc2)CC12CCCC2. The van der Waals surface area contributed by atoms with Crippen LogP contribution in [-0.4, -0.2) is 17.4 Å². The molecule has 124 valence electrons. The third-order valence-corrected chi connectivity index (χ3v) is 6.05. The van der Waals surface area contributed by atoms with Gasteiger partial charge in [-0.05, 0) is 54.4 Å². The first-order valence-electron chi connectivity index (χ1n) is 9.00. The Morgan fingerprint density at radius 3 is 2.46 bits per heavy atom. The van der Waals surface area contributed by atoms with E-state index in [9.17, 15) is 4.79 Å². The van der Waals surface area contributed by atoms with Crippen LogP contribution < -0.4 is 5.32 Å². The average molecular weight is 320 g/mol. The van der Waals surface area contributed by atoms with Gasteiger partial charge in [-0.1, -0.05) is 43.2 Å². The third-order valence-electron chi connectivity index (χ3n) is 6.05. The molecule has 1 amide bonds. The maximum absolute atomic E-state index is 13.2. The van der Waals surface area contributed by atoms with E-state index in [-0.39, 0.29) is 16.7 Å². The van der Waals surface area contributed by atoms with E-state index < -0.39 is 0 Å². The molecule has 0 aliphatic heterocycles. The summed E-state index contributed by atoms with van der Waals surface area (Å²) in [5.74, 6) is 0.227. The van der Waals surface area contributed by atoms with Crippen LogP contribution in [0.15, 0.2) is 54.9 Å². The van der Waals surface area contributed by atoms with Crippen molar-refractivity contribution < 1.29 is 4.79 Å². The van der Waals surface area contributed by atoms with Crippen molar-refractivity contribution in [3.05, 3.63) is 66.0 Å². The molecule has 1 heterocycles. The minimum Gasteiger partial charge on any atom is -0.355 e. The first-order valence-corrected chi connectivity index (χ1v) is 9.00. The van der Waals surface area contributed by atoms with Crippen LogP contribution in [0.25, 0.3) is 0 Å². The highest BCUT2D eigenvalue weighted by Gasteiger charge is 2.72. The van der Waals surface area contributed by atoms with Crippen LogP contribution in [-0.2, 0) is 16.6 Å². The average Bonchev–Trinajstić information content (AvgIpc) is 3.04. The molecule has 2 aromatic rings. The number of pyridine rings is 1. The molecule has 4 rings (SSSR count). The molecule has 0 saturated heterocycles. The fourth-order valence-corrected chi connectivity index (χ4v) is 4.72. The van der Waals surface area contributed by atoms with Crippen LogP contribution in [0.4, 0.5) is 0 Å². The Labute approximate surface area is 143 Å². The van der Waals surface area contributed by atoms with E-state index in [2.05, 4.69) is 34.6 Å². The zero-order valence-corrected chi connectivity index (χ0v) is 14.0. The molecule has 1 atom stereocenters. The van der Waals surface area contributed by atoms with Gasteiger partial charge < -0.3 is 5.32 Å². The van der Waals surface area contributed by atoms with Gasteiger partial charge in [-0.2, -0.15) is 0 Å². The second-order valence-corrected chi connectivity index (χ2v) is 7.30. The molecule has 1 spiro atoms. The number of benzene rings is 1. The first kappa shape index (κ1) is 15.4. The summed E-state index contributed by atoms with van der Waals surface area (Å²) in [4.78, 5) is 17.2. The molecule has 0 radical (unpaired) electrons. The van der Waals surface area contributed by atoms with E-state index in [1.807, 2.05) is 18.2 Å². The highest BCUT2D eigenvalue weighted by Crippen LogP contribution is 2.72. The second kappa shape index (κ2) is 6.04. The summed E-state index contributed by atoms with van der Waals surface area (Å²) in [5.41, 5.74) is 2.34. The minimum atomic E-state index is -0.289. The van der Waals surface area contributed by atoms with Crippen molar-refractivity contribution >= 4 is 5.91 Å². The standard InChI is InChI=1S/C21H24N2O/c24-19(23-15-10-17-8-13-22-14-9-17)21(18-6-2-1-3-7-18)16-20(21)11-4-5-12-20/h1-3,6-9,13-14H,4-5,10-12,15-16H2,(H,23,24)/t21-/m1/s1. The summed E-state index contributed by atoms with van der Waals surface area (Å²) in [6.07, 6.45) is 10.4. The van der Waals surface area contributed by atoms with Gasteiger partial charge in [0.05, 0.1) is 5.41 Å². The molecule has 2 aliphatic carbocycles. The predicted octanol–water partition coefficient (Wildman–Crippen LogP) is 3.64. The summed E-state index contributed by atoms with van der Waals surface area (Å²) in [5, 5.41) is 3.22. The van der Waals surface area contributed by atoms with E-state index in [1.165, 1.54) is 36.8 Å².